The van der Waals surface area contributed by atoms with Gasteiger partial charge in [0.2, 0.25) is 0 Å². The highest BCUT2D eigenvalue weighted by atomic mass is 31.0. The van der Waals surface area contributed by atoms with Crippen molar-refractivity contribution < 1.29 is 9.90 Å². The molecule has 0 aliphatic heterocycles. The van der Waals surface area contributed by atoms with E-state index in [9.17, 15) is 9.90 Å². The number of carbonyl (C=O) groups is 1. The second-order valence-corrected chi connectivity index (χ2v) is 3.76. The maximum absolute atomic E-state index is 10.0. The van der Waals surface area contributed by atoms with E-state index >= 15 is 0 Å². The van der Waals surface area contributed by atoms with Gasteiger partial charge in [-0.2, -0.15) is 0 Å². The van der Waals surface area contributed by atoms with E-state index in [0.717, 1.165) is 5.92 Å². The highest BCUT2D eigenvalue weighted by Gasteiger charge is 1.88. The van der Waals surface area contributed by atoms with Gasteiger partial charge in [-0.05, 0) is 27.3 Å². The summed E-state index contributed by atoms with van der Waals surface area (Å²) in [6.45, 7) is 4.46. The predicted octanol–water partition coefficient (Wildman–Crippen LogP) is 0.695. The van der Waals surface area contributed by atoms with Crippen LogP contribution >= 0.6 is 9.24 Å². The van der Waals surface area contributed by atoms with Crippen molar-refractivity contribution in [3.8, 4) is 0 Å². The van der Waals surface area contributed by atoms with Crippen LogP contribution in [0.2, 0.25) is 0 Å². The lowest BCUT2D eigenvalue weighted by atomic mass is 10.3. The van der Waals surface area contributed by atoms with Crippen molar-refractivity contribution in [3.63, 3.8) is 0 Å². The van der Waals surface area contributed by atoms with Gasteiger partial charge in [0.05, 0.1) is 17.8 Å². The highest BCUT2D eigenvalue weighted by molar-refractivity contribution is 7.16. The summed E-state index contributed by atoms with van der Waals surface area (Å²) in [6.07, 6.45) is 2.74. The summed E-state index contributed by atoms with van der Waals surface area (Å²) in [6, 6.07) is 4.62. The Hall–Kier alpha value is -0.950. The quantitative estimate of drug-likeness (QED) is 0.679. The topological polar surface area (TPSA) is 53.0 Å². The highest BCUT2D eigenvalue weighted by Crippen LogP contribution is 1.94. The lowest BCUT2D eigenvalue weighted by molar-refractivity contribution is -0.255. The molecule has 0 bridgehead atoms. The minimum atomic E-state index is -1.24. The fourth-order valence-corrected chi connectivity index (χ4v) is 0.484. The number of hydrogen-bond acceptors (Lipinski definition) is 3. The molecule has 0 radical (unpaired) electrons. The van der Waals surface area contributed by atoms with E-state index in [2.05, 4.69) is 18.8 Å². The average Bonchev–Trinajstić information content (AvgIpc) is 2.20. The molecule has 3 nitrogen and oxygen atoms in total. The van der Waals surface area contributed by atoms with Gasteiger partial charge < -0.3 is 9.90 Å². The molecule has 1 rings (SSSR count). The molecule has 0 saturated carbocycles. The smallest absolute Gasteiger partial charge is 0.0899 e. The molecule has 78 valence electrons. The van der Waals surface area contributed by atoms with E-state index in [1.807, 2.05) is 9.24 Å². The minimum Gasteiger partial charge on any atom is -0.543 e. The van der Waals surface area contributed by atoms with Crippen LogP contribution in [0.4, 0.5) is 0 Å². The third-order valence-electron chi connectivity index (χ3n) is 1.45. The first kappa shape index (κ1) is 13.1. The largest absolute Gasteiger partial charge is 0.543 e. The lowest BCUT2D eigenvalue weighted by Gasteiger charge is -1.96. The van der Waals surface area contributed by atoms with Crippen LogP contribution in [-0.2, 0) is 0 Å². The van der Waals surface area contributed by atoms with Crippen molar-refractivity contribution in [3.05, 3.63) is 30.1 Å². The third-order valence-corrected chi connectivity index (χ3v) is 2.61. The molecule has 14 heavy (non-hydrogen) atoms. The molecular formula is C10H16NO2P. The molecule has 1 unspecified atom stereocenters. The molecule has 0 aliphatic carbocycles. The molecule has 0 saturated heterocycles. The van der Waals surface area contributed by atoms with Gasteiger partial charge in [0.25, 0.3) is 0 Å². The molecule has 1 atom stereocenters. The fraction of sp³-hybridized carbons (Fsp3) is 0.400. The molecule has 1 aromatic rings. The van der Waals surface area contributed by atoms with Gasteiger partial charge in [-0.25, -0.2) is 0 Å². The van der Waals surface area contributed by atoms with Gasteiger partial charge in [-0.1, -0.05) is 19.9 Å². The monoisotopic (exact) mass is 213 g/mol. The summed E-state index contributed by atoms with van der Waals surface area (Å²) in [7, 11) is 2.03. The summed E-state index contributed by atoms with van der Waals surface area (Å²) >= 11 is 0. The van der Waals surface area contributed by atoms with Crippen molar-refractivity contribution in [2.75, 3.05) is 6.16 Å². The van der Waals surface area contributed by atoms with Crippen LogP contribution in [0.1, 0.15) is 24.3 Å². The van der Waals surface area contributed by atoms with Crippen LogP contribution < -0.4 is 5.11 Å². The van der Waals surface area contributed by atoms with Crippen LogP contribution in [-0.4, -0.2) is 17.1 Å². The Bertz CT molecular complexity index is 262. The van der Waals surface area contributed by atoms with Gasteiger partial charge >= 0.3 is 0 Å². The number of pyridine rings is 1. The van der Waals surface area contributed by atoms with E-state index < -0.39 is 5.97 Å². The molecule has 0 amide bonds. The number of nitrogens with zero attached hydrogens (tertiary/aromatic N) is 1. The summed E-state index contributed by atoms with van der Waals surface area (Å²) in [4.78, 5) is 13.5. The fourth-order valence-electron chi connectivity index (χ4n) is 0.484. The Morgan fingerprint density at radius 2 is 2.14 bits per heavy atom. The lowest BCUT2D eigenvalue weighted by Crippen LogP contribution is -2.23. The zero-order valence-corrected chi connectivity index (χ0v) is 9.98. The zero-order valence-electron chi connectivity index (χ0n) is 8.56. The number of aromatic carboxylic acids is 1. The molecule has 0 aliphatic rings. The SMILES string of the molecule is CC(C)C[PH3+].O=C([O-])c1ccccn1. The van der Waals surface area contributed by atoms with Gasteiger partial charge in [-0.15, -0.1) is 0 Å². The normalized spacial score (nSPS) is 9.36. The number of carbonyl (C=O) groups excluding carboxylic acids is 1. The Morgan fingerprint density at radius 1 is 1.57 bits per heavy atom. The molecule has 4 heteroatoms. The molecule has 0 N–H and O–H groups in total. The van der Waals surface area contributed by atoms with E-state index in [1.54, 1.807) is 12.1 Å². The van der Waals surface area contributed by atoms with E-state index in [1.165, 1.54) is 18.4 Å². The number of aromatic nitrogens is 1. The first-order valence-electron chi connectivity index (χ1n) is 4.49. The maximum Gasteiger partial charge on any atom is 0.0899 e. The van der Waals surface area contributed by atoms with Gasteiger partial charge in [0.1, 0.15) is 0 Å². The van der Waals surface area contributed by atoms with E-state index in [-0.39, 0.29) is 5.69 Å². The Labute approximate surface area is 86.8 Å². The van der Waals surface area contributed by atoms with Crippen molar-refractivity contribution in [1.82, 2.24) is 4.98 Å². The average molecular weight is 213 g/mol. The first-order chi connectivity index (χ1) is 6.57. The molecule has 1 aromatic heterocycles. The number of carboxylic acid groups (broad SMARTS) is 1. The Morgan fingerprint density at radius 3 is 2.36 bits per heavy atom. The summed E-state index contributed by atoms with van der Waals surface area (Å²) < 4.78 is 0. The number of carboxylic acids is 1. The van der Waals surface area contributed by atoms with Crippen LogP contribution in [0.15, 0.2) is 24.4 Å². The summed E-state index contributed by atoms with van der Waals surface area (Å²) in [5.74, 6) is -0.344. The minimum absolute atomic E-state index is 0.0301. The second kappa shape index (κ2) is 7.45. The van der Waals surface area contributed by atoms with Gasteiger partial charge in [0.15, 0.2) is 0 Å². The van der Waals surface area contributed by atoms with E-state index in [4.69, 9.17) is 0 Å². The van der Waals surface area contributed by atoms with Crippen molar-refractivity contribution in [2.24, 2.45) is 5.92 Å². The maximum atomic E-state index is 10.0. The number of rotatable bonds is 2. The van der Waals surface area contributed by atoms with Crippen molar-refractivity contribution in [2.45, 2.75) is 13.8 Å². The summed E-state index contributed by atoms with van der Waals surface area (Å²) in [5.41, 5.74) is -0.0301. The molecule has 0 spiro atoms. The first-order valence-corrected chi connectivity index (χ1v) is 5.49. The van der Waals surface area contributed by atoms with Gasteiger partial charge in [0, 0.05) is 6.20 Å². The third kappa shape index (κ3) is 6.55. The molecule has 0 fully saturated rings. The van der Waals surface area contributed by atoms with E-state index in [0.29, 0.717) is 0 Å². The Balaban J connectivity index is 0.000000292. The van der Waals surface area contributed by atoms with Crippen LogP contribution in [0, 0.1) is 5.92 Å². The predicted molar refractivity (Wildman–Crippen MR) is 59.4 cm³/mol. The molecule has 0 aromatic carbocycles. The van der Waals surface area contributed by atoms with Crippen LogP contribution in [0.25, 0.3) is 0 Å². The zero-order chi connectivity index (χ0) is 11.0. The van der Waals surface area contributed by atoms with Gasteiger partial charge in [-0.3, -0.25) is 4.98 Å². The standard InChI is InChI=1S/C6H5NO2.C4H11P/c8-6(9)5-3-1-2-4-7-5;1-4(2)3-5/h1-4H,(H,8,9);4H,3,5H2,1-2H3. The second-order valence-electron chi connectivity index (χ2n) is 3.18. The van der Waals surface area contributed by atoms with Crippen LogP contribution in [0.5, 0.6) is 0 Å². The summed E-state index contributed by atoms with van der Waals surface area (Å²) in [5, 5.41) is 10.0. The van der Waals surface area contributed by atoms with Crippen molar-refractivity contribution in [1.29, 1.82) is 0 Å². The Kier molecular flexibility index (Phi) is 6.95. The van der Waals surface area contributed by atoms with Crippen molar-refractivity contribution >= 4 is 15.2 Å². The molecular weight excluding hydrogens is 197 g/mol. The number of hydrogen-bond donors (Lipinski definition) is 0. The van der Waals surface area contributed by atoms with Crippen LogP contribution in [0.3, 0.4) is 0 Å². The molecule has 1 heterocycles.